The molecule has 0 aromatic heterocycles. The lowest BCUT2D eigenvalue weighted by molar-refractivity contribution is 0.139. The Morgan fingerprint density at radius 1 is 1.17 bits per heavy atom. The van der Waals surface area contributed by atoms with Gasteiger partial charge in [-0.25, -0.2) is 8.78 Å². The van der Waals surface area contributed by atoms with E-state index in [4.69, 9.17) is 5.84 Å². The zero-order valence-corrected chi connectivity index (χ0v) is 10.7. The lowest BCUT2D eigenvalue weighted by Crippen LogP contribution is -2.42. The summed E-state index contributed by atoms with van der Waals surface area (Å²) >= 11 is 0. The van der Waals surface area contributed by atoms with Gasteiger partial charge in [-0.1, -0.05) is 32.3 Å². The van der Waals surface area contributed by atoms with E-state index in [9.17, 15) is 8.78 Å². The van der Waals surface area contributed by atoms with Crippen molar-refractivity contribution in [2.75, 3.05) is 0 Å². The molecule has 0 saturated heterocycles. The Kier molecular flexibility index (Phi) is 3.97. The highest BCUT2D eigenvalue weighted by Crippen LogP contribution is 2.46. The summed E-state index contributed by atoms with van der Waals surface area (Å²) in [6.07, 6.45) is 5.24. The van der Waals surface area contributed by atoms with Crippen molar-refractivity contribution in [1.82, 2.24) is 5.43 Å². The van der Waals surface area contributed by atoms with Gasteiger partial charge >= 0.3 is 0 Å². The van der Waals surface area contributed by atoms with Crippen LogP contribution in [0.5, 0.6) is 0 Å². The number of nitrogens with two attached hydrogens (primary N) is 1. The zero-order valence-electron chi connectivity index (χ0n) is 10.7. The molecule has 1 atom stereocenters. The first-order valence-corrected chi connectivity index (χ1v) is 6.48. The molecule has 0 bridgehead atoms. The molecule has 1 aromatic carbocycles. The van der Waals surface area contributed by atoms with Crippen LogP contribution in [0.3, 0.4) is 0 Å². The Morgan fingerprint density at radius 3 is 2.22 bits per heavy atom. The molecule has 100 valence electrons. The molecule has 0 heterocycles. The van der Waals surface area contributed by atoms with E-state index in [0.29, 0.717) is 0 Å². The molecule has 0 aliphatic heterocycles. The summed E-state index contributed by atoms with van der Waals surface area (Å²) < 4.78 is 27.8. The number of benzene rings is 1. The van der Waals surface area contributed by atoms with Crippen LogP contribution in [0.2, 0.25) is 0 Å². The van der Waals surface area contributed by atoms with Crippen molar-refractivity contribution >= 4 is 0 Å². The second-order valence-corrected chi connectivity index (χ2v) is 5.45. The number of nitrogens with one attached hydrogen (secondary N) is 1. The Bertz CT molecular complexity index is 394. The summed E-state index contributed by atoms with van der Waals surface area (Å²) in [5.41, 5.74) is 2.52. The van der Waals surface area contributed by atoms with E-state index in [-0.39, 0.29) is 11.0 Å². The number of hydrogen-bond acceptors (Lipinski definition) is 2. The average Bonchev–Trinajstić information content (AvgIpc) is 2.34. The fourth-order valence-electron chi connectivity index (χ4n) is 3.07. The lowest BCUT2D eigenvalue weighted by Gasteiger charge is -2.40. The van der Waals surface area contributed by atoms with Gasteiger partial charge in [-0.05, 0) is 30.4 Å². The van der Waals surface area contributed by atoms with E-state index < -0.39 is 17.7 Å². The van der Waals surface area contributed by atoms with Gasteiger partial charge in [0.15, 0.2) is 0 Å². The van der Waals surface area contributed by atoms with Crippen LogP contribution >= 0.6 is 0 Å². The van der Waals surface area contributed by atoms with Crippen LogP contribution in [-0.2, 0) is 0 Å². The van der Waals surface area contributed by atoms with Crippen molar-refractivity contribution in [1.29, 1.82) is 0 Å². The van der Waals surface area contributed by atoms with Crippen molar-refractivity contribution in [3.63, 3.8) is 0 Å². The summed E-state index contributed by atoms with van der Waals surface area (Å²) in [5.74, 6) is 4.53. The highest BCUT2D eigenvalue weighted by Gasteiger charge is 2.38. The van der Waals surface area contributed by atoms with Gasteiger partial charge in [0.05, 0.1) is 6.04 Å². The third-order valence-corrected chi connectivity index (χ3v) is 4.15. The van der Waals surface area contributed by atoms with Crippen molar-refractivity contribution in [3.8, 4) is 0 Å². The average molecular weight is 254 g/mol. The molecule has 4 heteroatoms. The van der Waals surface area contributed by atoms with Crippen LogP contribution in [0.25, 0.3) is 0 Å². The van der Waals surface area contributed by atoms with Crippen molar-refractivity contribution < 1.29 is 8.78 Å². The highest BCUT2D eigenvalue weighted by atomic mass is 19.1. The first-order chi connectivity index (χ1) is 8.58. The minimum atomic E-state index is -0.523. The monoisotopic (exact) mass is 254 g/mol. The normalized spacial score (nSPS) is 20.7. The standard InChI is InChI=1S/C14H20F2N2/c1-14(8-3-2-4-9-14)13(18-17)12-10(15)6-5-7-11(12)16/h5-7,13,18H,2-4,8-9,17H2,1H3. The van der Waals surface area contributed by atoms with Crippen LogP contribution in [0, 0.1) is 17.0 Å². The lowest BCUT2D eigenvalue weighted by atomic mass is 9.68. The van der Waals surface area contributed by atoms with E-state index in [0.717, 1.165) is 25.7 Å². The molecular formula is C14H20F2N2. The summed E-state index contributed by atoms with van der Waals surface area (Å²) in [5, 5.41) is 0. The van der Waals surface area contributed by atoms with E-state index in [2.05, 4.69) is 12.3 Å². The minimum absolute atomic E-state index is 0.0735. The Labute approximate surface area is 107 Å². The maximum atomic E-state index is 13.9. The van der Waals surface area contributed by atoms with Gasteiger partial charge < -0.3 is 0 Å². The first kappa shape index (κ1) is 13.4. The second-order valence-electron chi connectivity index (χ2n) is 5.45. The van der Waals surface area contributed by atoms with Gasteiger partial charge in [0.2, 0.25) is 0 Å². The van der Waals surface area contributed by atoms with Gasteiger partial charge in [0, 0.05) is 5.56 Å². The van der Waals surface area contributed by atoms with Crippen LogP contribution < -0.4 is 11.3 Å². The third-order valence-electron chi connectivity index (χ3n) is 4.15. The molecule has 0 amide bonds. The molecule has 1 aliphatic carbocycles. The Morgan fingerprint density at radius 2 is 1.72 bits per heavy atom. The fourth-order valence-corrected chi connectivity index (χ4v) is 3.07. The van der Waals surface area contributed by atoms with Crippen LogP contribution in [0.4, 0.5) is 8.78 Å². The largest absolute Gasteiger partial charge is 0.271 e. The predicted octanol–water partition coefficient (Wildman–Crippen LogP) is 3.44. The summed E-state index contributed by atoms with van der Waals surface area (Å²) in [6.45, 7) is 2.06. The zero-order chi connectivity index (χ0) is 13.2. The summed E-state index contributed by atoms with van der Waals surface area (Å²) in [4.78, 5) is 0. The second kappa shape index (κ2) is 5.33. The molecule has 2 rings (SSSR count). The van der Waals surface area contributed by atoms with E-state index in [1.807, 2.05) is 0 Å². The summed E-state index contributed by atoms with van der Waals surface area (Å²) in [7, 11) is 0. The SMILES string of the molecule is CC1(C(NN)c2c(F)cccc2F)CCCCC1. The first-order valence-electron chi connectivity index (χ1n) is 6.48. The van der Waals surface area contributed by atoms with Crippen LogP contribution in [0.15, 0.2) is 18.2 Å². The number of halogens is 2. The molecule has 1 fully saturated rings. The molecule has 2 nitrogen and oxygen atoms in total. The van der Waals surface area contributed by atoms with Crippen molar-refractivity contribution in [2.45, 2.75) is 45.1 Å². The number of rotatable bonds is 3. The van der Waals surface area contributed by atoms with Gasteiger partial charge in [0.25, 0.3) is 0 Å². The maximum Gasteiger partial charge on any atom is 0.130 e. The molecule has 1 aromatic rings. The molecule has 1 unspecified atom stereocenters. The smallest absolute Gasteiger partial charge is 0.130 e. The van der Waals surface area contributed by atoms with Crippen molar-refractivity contribution in [3.05, 3.63) is 35.4 Å². The third kappa shape index (κ3) is 2.40. The number of hydrogen-bond donors (Lipinski definition) is 2. The van der Waals surface area contributed by atoms with Gasteiger partial charge in [-0.2, -0.15) is 0 Å². The molecule has 1 aliphatic rings. The highest BCUT2D eigenvalue weighted by molar-refractivity contribution is 5.25. The minimum Gasteiger partial charge on any atom is -0.271 e. The summed E-state index contributed by atoms with van der Waals surface area (Å²) in [6, 6.07) is 3.48. The maximum absolute atomic E-state index is 13.9. The van der Waals surface area contributed by atoms with Crippen LogP contribution in [-0.4, -0.2) is 0 Å². The molecule has 3 N–H and O–H groups in total. The van der Waals surface area contributed by atoms with E-state index in [1.54, 1.807) is 0 Å². The molecule has 18 heavy (non-hydrogen) atoms. The number of hydrazine groups is 1. The van der Waals surface area contributed by atoms with E-state index in [1.165, 1.54) is 24.6 Å². The predicted molar refractivity (Wildman–Crippen MR) is 67.6 cm³/mol. The molecular weight excluding hydrogens is 234 g/mol. The Hall–Kier alpha value is -1.00. The quantitative estimate of drug-likeness (QED) is 0.640. The van der Waals surface area contributed by atoms with Crippen LogP contribution in [0.1, 0.15) is 50.6 Å². The van der Waals surface area contributed by atoms with Gasteiger partial charge in [-0.3, -0.25) is 11.3 Å². The van der Waals surface area contributed by atoms with E-state index >= 15 is 0 Å². The topological polar surface area (TPSA) is 38.0 Å². The molecule has 1 saturated carbocycles. The van der Waals surface area contributed by atoms with Gasteiger partial charge in [-0.15, -0.1) is 0 Å². The fraction of sp³-hybridized carbons (Fsp3) is 0.571. The Balaban J connectivity index is 2.38. The van der Waals surface area contributed by atoms with Gasteiger partial charge in [0.1, 0.15) is 11.6 Å². The molecule has 0 radical (unpaired) electrons. The van der Waals surface area contributed by atoms with Crippen molar-refractivity contribution in [2.24, 2.45) is 11.3 Å². The molecule has 0 spiro atoms.